The van der Waals surface area contributed by atoms with Gasteiger partial charge in [-0.25, -0.2) is 0 Å². The van der Waals surface area contributed by atoms with Crippen LogP contribution in [0, 0.1) is 0 Å². The molecule has 1 aromatic rings. The Bertz CT molecular complexity index is 368. The van der Waals surface area contributed by atoms with Gasteiger partial charge in [0.25, 0.3) is 0 Å². The van der Waals surface area contributed by atoms with Crippen LogP contribution in [0.4, 0.5) is 5.69 Å². The van der Waals surface area contributed by atoms with Crippen molar-refractivity contribution in [3.63, 3.8) is 0 Å². The molecule has 0 unspecified atom stereocenters. The number of amides is 1. The molecular weight excluding hydrogens is 240 g/mol. The zero-order valence-electron chi connectivity index (χ0n) is 12.1. The van der Waals surface area contributed by atoms with Gasteiger partial charge in [-0.05, 0) is 25.5 Å². The molecule has 0 saturated carbocycles. The lowest BCUT2D eigenvalue weighted by Crippen LogP contribution is -2.39. The van der Waals surface area contributed by atoms with Crippen molar-refractivity contribution in [2.75, 3.05) is 45.3 Å². The van der Waals surface area contributed by atoms with Gasteiger partial charge >= 0.3 is 0 Å². The Hall–Kier alpha value is -1.55. The molecule has 0 aliphatic rings. The summed E-state index contributed by atoms with van der Waals surface area (Å²) < 4.78 is 5.00. The summed E-state index contributed by atoms with van der Waals surface area (Å²) in [4.78, 5) is 16.0. The molecule has 1 aromatic carbocycles. The lowest BCUT2D eigenvalue weighted by molar-refractivity contribution is -0.128. The molecule has 4 heteroatoms. The van der Waals surface area contributed by atoms with Crippen molar-refractivity contribution in [2.24, 2.45) is 0 Å². The van der Waals surface area contributed by atoms with Crippen LogP contribution in [0.25, 0.3) is 0 Å². The van der Waals surface area contributed by atoms with Crippen molar-refractivity contribution in [3.8, 4) is 0 Å². The fraction of sp³-hybridized carbons (Fsp3) is 0.533. The average Bonchev–Trinajstić information content (AvgIpc) is 2.45. The predicted molar refractivity (Wildman–Crippen MR) is 78.5 cm³/mol. The summed E-state index contributed by atoms with van der Waals surface area (Å²) in [5.74, 6) is 0.141. The number of hydrogen-bond donors (Lipinski definition) is 0. The number of methoxy groups -OCH3 is 1. The third-order valence-corrected chi connectivity index (χ3v) is 3.10. The Labute approximate surface area is 116 Å². The normalized spacial score (nSPS) is 10.3. The molecule has 0 spiro atoms. The molecule has 1 rings (SSSR count). The monoisotopic (exact) mass is 264 g/mol. The molecule has 0 heterocycles. The number of benzene rings is 1. The van der Waals surface area contributed by atoms with E-state index >= 15 is 0 Å². The summed E-state index contributed by atoms with van der Waals surface area (Å²) in [6.07, 6.45) is 0.871. The molecule has 0 bridgehead atoms. The van der Waals surface area contributed by atoms with E-state index in [0.29, 0.717) is 13.2 Å². The highest BCUT2D eigenvalue weighted by atomic mass is 16.5. The topological polar surface area (TPSA) is 32.8 Å². The minimum Gasteiger partial charge on any atom is -0.385 e. The fourth-order valence-corrected chi connectivity index (χ4v) is 1.88. The molecule has 0 atom stereocenters. The summed E-state index contributed by atoms with van der Waals surface area (Å²) in [5, 5.41) is 0. The molecular formula is C15H24N2O2. The standard InChI is InChI=1S/C15H24N2O2/c1-4-17(14-9-6-5-7-10-14)13-15(18)16(2)11-8-12-19-3/h5-7,9-10H,4,8,11-13H2,1-3H3. The van der Waals surface area contributed by atoms with Gasteiger partial charge < -0.3 is 14.5 Å². The van der Waals surface area contributed by atoms with E-state index < -0.39 is 0 Å². The third kappa shape index (κ3) is 5.30. The summed E-state index contributed by atoms with van der Waals surface area (Å²) in [6.45, 7) is 4.73. The molecule has 0 N–H and O–H groups in total. The van der Waals surface area contributed by atoms with Crippen LogP contribution in [0.2, 0.25) is 0 Å². The lowest BCUT2D eigenvalue weighted by atomic mass is 10.3. The molecule has 0 aliphatic heterocycles. The van der Waals surface area contributed by atoms with Crippen LogP contribution in [-0.2, 0) is 9.53 Å². The maximum absolute atomic E-state index is 12.1. The molecule has 0 aromatic heterocycles. The first kappa shape index (κ1) is 15.5. The summed E-state index contributed by atoms with van der Waals surface area (Å²) >= 11 is 0. The fourth-order valence-electron chi connectivity index (χ4n) is 1.88. The Morgan fingerprint density at radius 3 is 2.53 bits per heavy atom. The van der Waals surface area contributed by atoms with Crippen molar-refractivity contribution in [3.05, 3.63) is 30.3 Å². The van der Waals surface area contributed by atoms with Crippen molar-refractivity contribution < 1.29 is 9.53 Å². The largest absolute Gasteiger partial charge is 0.385 e. The molecule has 4 nitrogen and oxygen atoms in total. The van der Waals surface area contributed by atoms with Crippen molar-refractivity contribution >= 4 is 11.6 Å². The van der Waals surface area contributed by atoms with E-state index in [-0.39, 0.29) is 5.91 Å². The number of ether oxygens (including phenoxy) is 1. The summed E-state index contributed by atoms with van der Waals surface area (Å²) in [7, 11) is 3.52. The second-order valence-corrected chi connectivity index (χ2v) is 4.51. The minimum atomic E-state index is 0.141. The zero-order valence-corrected chi connectivity index (χ0v) is 12.1. The Kier molecular flexibility index (Phi) is 6.97. The maximum Gasteiger partial charge on any atom is 0.241 e. The van der Waals surface area contributed by atoms with Crippen LogP contribution >= 0.6 is 0 Å². The molecule has 0 radical (unpaired) electrons. The van der Waals surface area contributed by atoms with E-state index in [0.717, 1.165) is 25.2 Å². The van der Waals surface area contributed by atoms with Gasteiger partial charge in [-0.1, -0.05) is 18.2 Å². The number of para-hydroxylation sites is 1. The van der Waals surface area contributed by atoms with Crippen LogP contribution in [0.3, 0.4) is 0 Å². The number of rotatable bonds is 8. The number of hydrogen-bond acceptors (Lipinski definition) is 3. The smallest absolute Gasteiger partial charge is 0.241 e. The maximum atomic E-state index is 12.1. The first-order valence-electron chi connectivity index (χ1n) is 6.72. The lowest BCUT2D eigenvalue weighted by Gasteiger charge is -2.25. The average molecular weight is 264 g/mol. The van der Waals surface area contributed by atoms with Gasteiger partial charge in [0.2, 0.25) is 5.91 Å². The molecule has 1 amide bonds. The Morgan fingerprint density at radius 1 is 1.26 bits per heavy atom. The van der Waals surface area contributed by atoms with Crippen LogP contribution < -0.4 is 4.90 Å². The van der Waals surface area contributed by atoms with Gasteiger partial charge in [0.05, 0.1) is 6.54 Å². The predicted octanol–water partition coefficient (Wildman–Crippen LogP) is 2.01. The van der Waals surface area contributed by atoms with Gasteiger partial charge in [0, 0.05) is 39.5 Å². The highest BCUT2D eigenvalue weighted by Gasteiger charge is 2.13. The van der Waals surface area contributed by atoms with E-state index in [2.05, 4.69) is 11.8 Å². The first-order valence-corrected chi connectivity index (χ1v) is 6.72. The highest BCUT2D eigenvalue weighted by molar-refractivity contribution is 5.81. The molecule has 106 valence electrons. The second kappa shape index (κ2) is 8.53. The van der Waals surface area contributed by atoms with Crippen LogP contribution in [0.5, 0.6) is 0 Å². The minimum absolute atomic E-state index is 0.141. The summed E-state index contributed by atoms with van der Waals surface area (Å²) in [6, 6.07) is 10.0. The van der Waals surface area contributed by atoms with Crippen LogP contribution in [0.15, 0.2) is 30.3 Å². The van der Waals surface area contributed by atoms with E-state index in [4.69, 9.17) is 4.74 Å². The Balaban J connectivity index is 2.49. The van der Waals surface area contributed by atoms with Gasteiger partial charge in [-0.2, -0.15) is 0 Å². The van der Waals surface area contributed by atoms with Gasteiger partial charge in [0.15, 0.2) is 0 Å². The highest BCUT2D eigenvalue weighted by Crippen LogP contribution is 2.12. The zero-order chi connectivity index (χ0) is 14.1. The number of likely N-dealkylation sites (N-methyl/N-ethyl adjacent to an activating group) is 2. The van der Waals surface area contributed by atoms with Crippen LogP contribution in [-0.4, -0.2) is 51.2 Å². The number of carbonyl (C=O) groups is 1. The van der Waals surface area contributed by atoms with Crippen LogP contribution in [0.1, 0.15) is 13.3 Å². The molecule has 0 aliphatic carbocycles. The third-order valence-electron chi connectivity index (χ3n) is 3.10. The van der Waals surface area contributed by atoms with E-state index in [1.165, 1.54) is 0 Å². The Morgan fingerprint density at radius 2 is 1.95 bits per heavy atom. The van der Waals surface area contributed by atoms with Crippen molar-refractivity contribution in [1.82, 2.24) is 4.90 Å². The van der Waals surface area contributed by atoms with Crippen molar-refractivity contribution in [2.45, 2.75) is 13.3 Å². The first-order chi connectivity index (χ1) is 9.19. The second-order valence-electron chi connectivity index (χ2n) is 4.51. The number of anilines is 1. The number of carbonyl (C=O) groups excluding carboxylic acids is 1. The van der Waals surface area contributed by atoms with Gasteiger partial charge in [-0.15, -0.1) is 0 Å². The van der Waals surface area contributed by atoms with Gasteiger partial charge in [-0.3, -0.25) is 4.79 Å². The quantitative estimate of drug-likeness (QED) is 0.673. The van der Waals surface area contributed by atoms with E-state index in [9.17, 15) is 4.79 Å². The number of nitrogens with zero attached hydrogens (tertiary/aromatic N) is 2. The SMILES string of the molecule is CCN(CC(=O)N(C)CCCOC)c1ccccc1. The molecule has 0 saturated heterocycles. The van der Waals surface area contributed by atoms with Gasteiger partial charge in [0.1, 0.15) is 0 Å². The summed E-state index contributed by atoms with van der Waals surface area (Å²) in [5.41, 5.74) is 1.09. The van der Waals surface area contributed by atoms with E-state index in [1.807, 2.05) is 37.4 Å². The van der Waals surface area contributed by atoms with Crippen molar-refractivity contribution in [1.29, 1.82) is 0 Å². The molecule has 19 heavy (non-hydrogen) atoms. The van der Waals surface area contributed by atoms with E-state index in [1.54, 1.807) is 12.0 Å². The molecule has 0 fully saturated rings.